The predicted octanol–water partition coefficient (Wildman–Crippen LogP) is 10.6. The maximum Gasteiger partial charge on any atom is 0.339 e. The molecule has 0 spiro atoms. The third-order valence-electron chi connectivity index (χ3n) is 8.39. The van der Waals surface area contributed by atoms with Gasteiger partial charge < -0.3 is 24.1 Å². The quantitative estimate of drug-likeness (QED) is 0.102. The molecule has 0 atom stereocenters. The number of ether oxygens (including phenoxy) is 4. The van der Waals surface area contributed by atoms with Gasteiger partial charge in [0.05, 0.1) is 13.2 Å². The molecule has 0 unspecified atom stereocenters. The summed E-state index contributed by atoms with van der Waals surface area (Å²) in [5, 5.41) is 9.71. The highest BCUT2D eigenvalue weighted by Crippen LogP contribution is 2.38. The monoisotopic (exact) mass is 682 g/mol. The Bertz CT molecular complexity index is 2050. The molecule has 258 valence electrons. The van der Waals surface area contributed by atoms with Crippen molar-refractivity contribution in [2.75, 3.05) is 13.2 Å². The highest BCUT2D eigenvalue weighted by Gasteiger charge is 2.18. The normalized spacial score (nSPS) is 10.8. The molecule has 6 nitrogen and oxygen atoms in total. The Morgan fingerprint density at radius 2 is 1.25 bits per heavy atom. The smallest absolute Gasteiger partial charge is 0.339 e. The minimum atomic E-state index is -1.06. The summed E-state index contributed by atoms with van der Waals surface area (Å²) < 4.78 is 39.0. The molecule has 0 saturated heterocycles. The number of aryl methyl sites for hydroxylation is 1. The number of hydrogen-bond acceptors (Lipinski definition) is 5. The molecule has 0 aliphatic rings. The molecule has 0 saturated carbocycles. The van der Waals surface area contributed by atoms with Crippen LogP contribution in [0.15, 0.2) is 140 Å². The first-order chi connectivity index (χ1) is 25.0. The fraction of sp³-hybridized carbons (Fsp3) is 0.159. The second-order valence-corrected chi connectivity index (χ2v) is 11.9. The first-order valence-corrected chi connectivity index (χ1v) is 17.0. The SMILES string of the molecule is CCc1cc(-c2ccc(F)cc2)c(OCc2ccccc2)cc1OCCCOc1cccc(Oc2ccccc2C(=O)O)c1Cc1ccccc1. The van der Waals surface area contributed by atoms with Crippen molar-refractivity contribution in [2.24, 2.45) is 0 Å². The third kappa shape index (κ3) is 9.13. The average molecular weight is 683 g/mol. The molecule has 1 N–H and O–H groups in total. The lowest BCUT2D eigenvalue weighted by Crippen LogP contribution is -2.08. The van der Waals surface area contributed by atoms with Crippen LogP contribution < -0.4 is 18.9 Å². The molecule has 0 heterocycles. The zero-order valence-electron chi connectivity index (χ0n) is 28.4. The maximum absolute atomic E-state index is 13.8. The predicted molar refractivity (Wildman–Crippen MR) is 197 cm³/mol. The summed E-state index contributed by atoms with van der Waals surface area (Å²) in [6.07, 6.45) is 1.87. The Morgan fingerprint density at radius 3 is 1.96 bits per heavy atom. The lowest BCUT2D eigenvalue weighted by atomic mass is 10.00. The number of hydrogen-bond donors (Lipinski definition) is 1. The number of halogens is 1. The van der Waals surface area contributed by atoms with Gasteiger partial charge in [-0.1, -0.05) is 97.9 Å². The third-order valence-corrected chi connectivity index (χ3v) is 8.39. The molecule has 0 fully saturated rings. The first kappa shape index (κ1) is 34.8. The van der Waals surface area contributed by atoms with Crippen molar-refractivity contribution >= 4 is 5.97 Å². The van der Waals surface area contributed by atoms with Crippen LogP contribution in [0.2, 0.25) is 0 Å². The number of carboxylic acid groups (broad SMARTS) is 1. The molecule has 6 rings (SSSR count). The van der Waals surface area contributed by atoms with Crippen molar-refractivity contribution < 1.29 is 33.2 Å². The minimum absolute atomic E-state index is 0.0809. The second-order valence-electron chi connectivity index (χ2n) is 11.9. The summed E-state index contributed by atoms with van der Waals surface area (Å²) in [6, 6.07) is 42.5. The number of para-hydroxylation sites is 1. The van der Waals surface area contributed by atoms with E-state index in [1.165, 1.54) is 18.2 Å². The largest absolute Gasteiger partial charge is 0.493 e. The van der Waals surface area contributed by atoms with Crippen molar-refractivity contribution in [2.45, 2.75) is 32.8 Å². The molecule has 0 radical (unpaired) electrons. The molecule has 51 heavy (non-hydrogen) atoms. The Balaban J connectivity index is 1.18. The Morgan fingerprint density at radius 1 is 0.627 bits per heavy atom. The summed E-state index contributed by atoms with van der Waals surface area (Å²) in [6.45, 7) is 3.23. The van der Waals surface area contributed by atoms with E-state index in [2.05, 4.69) is 13.0 Å². The van der Waals surface area contributed by atoms with Gasteiger partial charge in [-0.25, -0.2) is 9.18 Å². The Labute approximate surface area is 297 Å². The van der Waals surface area contributed by atoms with Crippen LogP contribution in [0, 0.1) is 5.82 Å². The van der Waals surface area contributed by atoms with Crippen LogP contribution in [-0.4, -0.2) is 24.3 Å². The van der Waals surface area contributed by atoms with Crippen molar-refractivity contribution in [1.82, 2.24) is 0 Å². The summed E-state index contributed by atoms with van der Waals surface area (Å²) >= 11 is 0. The van der Waals surface area contributed by atoms with E-state index in [4.69, 9.17) is 18.9 Å². The molecule has 0 aliphatic heterocycles. The summed E-state index contributed by atoms with van der Waals surface area (Å²) in [5.41, 5.74) is 5.74. The van der Waals surface area contributed by atoms with Gasteiger partial charge in [-0.2, -0.15) is 0 Å². The molecule has 7 heteroatoms. The van der Waals surface area contributed by atoms with Crippen LogP contribution in [0.3, 0.4) is 0 Å². The zero-order chi connectivity index (χ0) is 35.4. The molecule has 6 aromatic rings. The van der Waals surface area contributed by atoms with Crippen LogP contribution in [-0.2, 0) is 19.4 Å². The van der Waals surface area contributed by atoms with E-state index in [9.17, 15) is 14.3 Å². The standard InChI is InChI=1S/C44H39FO6/c1-2-33-28-37(34-21-23-35(45)24-22-34)43(50-30-32-15-7-4-8-16-32)29-42(33)49-26-12-25-48-39-19-11-20-41(38(39)27-31-13-5-3-6-14-31)51-40-18-10-9-17-36(40)44(46)47/h3-11,13-24,28-29H,2,12,25-27,30H2,1H3,(H,46,47). The summed E-state index contributed by atoms with van der Waals surface area (Å²) in [5.74, 6) is 1.46. The molecule has 0 aromatic heterocycles. The van der Waals surface area contributed by atoms with Crippen LogP contribution in [0.25, 0.3) is 11.1 Å². The molecule has 0 bridgehead atoms. The van der Waals surface area contributed by atoms with E-state index in [1.807, 2.05) is 84.9 Å². The maximum atomic E-state index is 13.8. The molecule has 0 aliphatic carbocycles. The van der Waals surface area contributed by atoms with Crippen LogP contribution in [0.1, 0.15) is 46.0 Å². The van der Waals surface area contributed by atoms with Gasteiger partial charge in [-0.3, -0.25) is 0 Å². The highest BCUT2D eigenvalue weighted by atomic mass is 19.1. The van der Waals surface area contributed by atoms with Crippen LogP contribution >= 0.6 is 0 Å². The van der Waals surface area contributed by atoms with Crippen molar-refractivity contribution in [1.29, 1.82) is 0 Å². The average Bonchev–Trinajstić information content (AvgIpc) is 3.16. The van der Waals surface area contributed by atoms with Gasteiger partial charge in [0.25, 0.3) is 0 Å². The molecular formula is C44H39FO6. The van der Waals surface area contributed by atoms with Gasteiger partial charge in [-0.15, -0.1) is 0 Å². The Kier molecular flexibility index (Phi) is 11.6. The van der Waals surface area contributed by atoms with Crippen LogP contribution in [0.5, 0.6) is 28.7 Å². The van der Waals surface area contributed by atoms with E-state index >= 15 is 0 Å². The molecular weight excluding hydrogens is 643 g/mol. The number of benzene rings is 6. The number of aromatic carboxylic acids is 1. The van der Waals surface area contributed by atoms with Gasteiger partial charge in [0, 0.05) is 30.0 Å². The summed E-state index contributed by atoms with van der Waals surface area (Å²) in [7, 11) is 0. The van der Waals surface area contributed by atoms with Crippen molar-refractivity contribution in [3.8, 4) is 39.9 Å². The summed E-state index contributed by atoms with van der Waals surface area (Å²) in [4.78, 5) is 11.9. The lowest BCUT2D eigenvalue weighted by Gasteiger charge is -2.19. The second kappa shape index (κ2) is 17.0. The van der Waals surface area contributed by atoms with Gasteiger partial charge in [0.2, 0.25) is 0 Å². The Hall–Kier alpha value is -6.08. The van der Waals surface area contributed by atoms with Gasteiger partial charge in [0.1, 0.15) is 46.7 Å². The van der Waals surface area contributed by atoms with Crippen LogP contribution in [0.4, 0.5) is 4.39 Å². The van der Waals surface area contributed by atoms with Gasteiger partial charge in [-0.05, 0) is 71.1 Å². The minimum Gasteiger partial charge on any atom is -0.493 e. The van der Waals surface area contributed by atoms with Crippen molar-refractivity contribution in [3.05, 3.63) is 173 Å². The molecule has 6 aromatic carbocycles. The van der Waals surface area contributed by atoms with E-state index < -0.39 is 5.97 Å². The van der Waals surface area contributed by atoms with E-state index in [0.717, 1.165) is 45.6 Å². The number of carbonyl (C=O) groups is 1. The topological polar surface area (TPSA) is 74.2 Å². The van der Waals surface area contributed by atoms with E-state index in [-0.39, 0.29) is 17.1 Å². The van der Waals surface area contributed by atoms with Gasteiger partial charge in [0.15, 0.2) is 0 Å². The lowest BCUT2D eigenvalue weighted by molar-refractivity contribution is 0.0694. The fourth-order valence-electron chi connectivity index (χ4n) is 5.75. The first-order valence-electron chi connectivity index (χ1n) is 17.0. The highest BCUT2D eigenvalue weighted by molar-refractivity contribution is 5.91. The van der Waals surface area contributed by atoms with Gasteiger partial charge >= 0.3 is 5.97 Å². The zero-order valence-corrected chi connectivity index (χ0v) is 28.4. The molecule has 0 amide bonds. The number of carboxylic acids is 1. The van der Waals surface area contributed by atoms with E-state index in [0.29, 0.717) is 49.9 Å². The van der Waals surface area contributed by atoms with E-state index in [1.54, 1.807) is 30.3 Å². The van der Waals surface area contributed by atoms with Crippen molar-refractivity contribution in [3.63, 3.8) is 0 Å². The fourth-order valence-corrected chi connectivity index (χ4v) is 5.75. The number of rotatable bonds is 16.